The minimum absolute atomic E-state index is 0. The number of hydrogen-bond acceptors (Lipinski definition) is 0. The van der Waals surface area contributed by atoms with Crippen LogP contribution in [0.15, 0.2) is 0 Å². The van der Waals surface area contributed by atoms with Crippen LogP contribution < -0.4 is 0 Å². The van der Waals surface area contributed by atoms with Crippen LogP contribution in [0.4, 0.5) is 0 Å². The summed E-state index contributed by atoms with van der Waals surface area (Å²) in [7, 11) is 0. The van der Waals surface area contributed by atoms with Crippen LogP contribution in [0.25, 0.3) is 0 Å². The van der Waals surface area contributed by atoms with Gasteiger partial charge >= 0.3 is 0 Å². The fraction of sp³-hybridized carbons (Fsp3) is 1.00. The first-order chi connectivity index (χ1) is 5.91. The minimum atomic E-state index is 0. The number of halogens is 3. The predicted octanol–water partition coefficient (Wildman–Crippen LogP) is 6.19. The Balaban J connectivity index is -0.000000202. The molecule has 98 valence electrons. The molecule has 0 saturated heterocycles. The zero-order chi connectivity index (χ0) is 9.07. The summed E-state index contributed by atoms with van der Waals surface area (Å²) in [4.78, 5) is 0. The number of rotatable bonds is 9. The molecule has 0 unspecified atom stereocenters. The maximum atomic E-state index is 2.28. The average molecular weight is 280 g/mol. The van der Waals surface area contributed by atoms with Crippen molar-refractivity contribution in [3.8, 4) is 0 Å². The SMILES string of the molecule is CCCCCCCCCCCC.Cl.Cl.Cl. The van der Waals surface area contributed by atoms with Gasteiger partial charge in [0.25, 0.3) is 0 Å². The molecule has 0 bridgehead atoms. The van der Waals surface area contributed by atoms with Crippen molar-refractivity contribution in [2.75, 3.05) is 0 Å². The highest BCUT2D eigenvalue weighted by Crippen LogP contribution is 2.09. The maximum absolute atomic E-state index is 2.28. The second kappa shape index (κ2) is 24.2. The van der Waals surface area contributed by atoms with E-state index in [-0.39, 0.29) is 37.2 Å². The Hall–Kier alpha value is 0.870. The molecule has 15 heavy (non-hydrogen) atoms. The molecule has 0 aliphatic carbocycles. The van der Waals surface area contributed by atoms with Crippen LogP contribution in [-0.2, 0) is 0 Å². The summed E-state index contributed by atoms with van der Waals surface area (Å²) in [6.07, 6.45) is 14.4. The Bertz CT molecular complexity index is 67.3. The summed E-state index contributed by atoms with van der Waals surface area (Å²) in [5.74, 6) is 0. The molecular formula is C12H29Cl3. The molecule has 0 aliphatic rings. The summed E-state index contributed by atoms with van der Waals surface area (Å²) in [5.41, 5.74) is 0. The van der Waals surface area contributed by atoms with Crippen molar-refractivity contribution in [1.82, 2.24) is 0 Å². The lowest BCUT2D eigenvalue weighted by atomic mass is 10.1. The van der Waals surface area contributed by atoms with Crippen LogP contribution in [0.2, 0.25) is 0 Å². The second-order valence-electron chi connectivity index (χ2n) is 3.83. The maximum Gasteiger partial charge on any atom is -0.0533 e. The average Bonchev–Trinajstić information content (AvgIpc) is 2.10. The zero-order valence-electron chi connectivity index (χ0n) is 10.3. The quantitative estimate of drug-likeness (QED) is 0.441. The van der Waals surface area contributed by atoms with Crippen molar-refractivity contribution >= 4 is 37.2 Å². The van der Waals surface area contributed by atoms with Crippen LogP contribution in [-0.4, -0.2) is 0 Å². The van der Waals surface area contributed by atoms with Crippen LogP contribution in [0.5, 0.6) is 0 Å². The van der Waals surface area contributed by atoms with E-state index in [1.807, 2.05) is 0 Å². The van der Waals surface area contributed by atoms with Crippen molar-refractivity contribution in [3.63, 3.8) is 0 Å². The summed E-state index contributed by atoms with van der Waals surface area (Å²) in [5, 5.41) is 0. The molecule has 0 N–H and O–H groups in total. The summed E-state index contributed by atoms with van der Waals surface area (Å²) in [6.45, 7) is 4.56. The van der Waals surface area contributed by atoms with E-state index in [0.717, 1.165) is 0 Å². The topological polar surface area (TPSA) is 0 Å². The first-order valence-corrected chi connectivity index (χ1v) is 5.91. The highest BCUT2D eigenvalue weighted by atomic mass is 35.5. The van der Waals surface area contributed by atoms with Gasteiger partial charge in [-0.2, -0.15) is 0 Å². The predicted molar refractivity (Wildman–Crippen MR) is 79.3 cm³/mol. The van der Waals surface area contributed by atoms with Gasteiger partial charge < -0.3 is 0 Å². The normalized spacial score (nSPS) is 8.40. The Labute approximate surface area is 115 Å². The molecule has 0 aromatic carbocycles. The standard InChI is InChI=1S/C12H26.3ClH/c1-3-5-7-9-11-12-10-8-6-4-2;;;/h3-12H2,1-2H3;3*1H. The first kappa shape index (κ1) is 24.9. The Morgan fingerprint density at radius 1 is 0.400 bits per heavy atom. The molecular weight excluding hydrogens is 250 g/mol. The largest absolute Gasteiger partial charge is 0.147 e. The lowest BCUT2D eigenvalue weighted by Crippen LogP contribution is -1.80. The first-order valence-electron chi connectivity index (χ1n) is 5.91. The van der Waals surface area contributed by atoms with Gasteiger partial charge in [-0.1, -0.05) is 78.1 Å². The number of hydrogen-bond donors (Lipinski definition) is 0. The molecule has 0 atom stereocenters. The van der Waals surface area contributed by atoms with Gasteiger partial charge in [0.15, 0.2) is 0 Å². The molecule has 0 spiro atoms. The van der Waals surface area contributed by atoms with Gasteiger partial charge in [-0.15, -0.1) is 37.2 Å². The van der Waals surface area contributed by atoms with Gasteiger partial charge in [-0.05, 0) is 0 Å². The van der Waals surface area contributed by atoms with E-state index in [4.69, 9.17) is 0 Å². The third kappa shape index (κ3) is 25.3. The molecule has 0 heterocycles. The van der Waals surface area contributed by atoms with E-state index in [2.05, 4.69) is 13.8 Å². The Morgan fingerprint density at radius 3 is 0.800 bits per heavy atom. The molecule has 0 aliphatic heterocycles. The van der Waals surface area contributed by atoms with E-state index in [1.54, 1.807) is 0 Å². The minimum Gasteiger partial charge on any atom is -0.147 e. The molecule has 0 rings (SSSR count). The molecule has 0 fully saturated rings. The van der Waals surface area contributed by atoms with E-state index in [1.165, 1.54) is 64.2 Å². The van der Waals surface area contributed by atoms with Gasteiger partial charge in [0, 0.05) is 0 Å². The van der Waals surface area contributed by atoms with Crippen molar-refractivity contribution in [2.45, 2.75) is 78.1 Å². The van der Waals surface area contributed by atoms with Gasteiger partial charge in [-0.3, -0.25) is 0 Å². The van der Waals surface area contributed by atoms with Gasteiger partial charge in [0.2, 0.25) is 0 Å². The van der Waals surface area contributed by atoms with Crippen molar-refractivity contribution in [1.29, 1.82) is 0 Å². The van der Waals surface area contributed by atoms with Crippen molar-refractivity contribution in [2.24, 2.45) is 0 Å². The monoisotopic (exact) mass is 278 g/mol. The summed E-state index contributed by atoms with van der Waals surface area (Å²) < 4.78 is 0. The van der Waals surface area contributed by atoms with E-state index in [0.29, 0.717) is 0 Å². The molecule has 0 saturated carbocycles. The molecule has 0 aromatic rings. The zero-order valence-corrected chi connectivity index (χ0v) is 12.7. The van der Waals surface area contributed by atoms with Crippen LogP contribution in [0.1, 0.15) is 78.1 Å². The highest BCUT2D eigenvalue weighted by Gasteiger charge is 1.90. The summed E-state index contributed by atoms with van der Waals surface area (Å²) in [6, 6.07) is 0. The summed E-state index contributed by atoms with van der Waals surface area (Å²) >= 11 is 0. The van der Waals surface area contributed by atoms with Crippen LogP contribution >= 0.6 is 37.2 Å². The van der Waals surface area contributed by atoms with Crippen molar-refractivity contribution < 1.29 is 0 Å². The molecule has 3 heteroatoms. The highest BCUT2D eigenvalue weighted by molar-refractivity contribution is 5.86. The lowest BCUT2D eigenvalue weighted by molar-refractivity contribution is 0.562. The van der Waals surface area contributed by atoms with E-state index < -0.39 is 0 Å². The smallest absolute Gasteiger partial charge is 0.0533 e. The van der Waals surface area contributed by atoms with Gasteiger partial charge in [0.1, 0.15) is 0 Å². The molecule has 0 aromatic heterocycles. The van der Waals surface area contributed by atoms with Crippen LogP contribution in [0.3, 0.4) is 0 Å². The molecule has 0 nitrogen and oxygen atoms in total. The second-order valence-corrected chi connectivity index (χ2v) is 3.83. The van der Waals surface area contributed by atoms with E-state index in [9.17, 15) is 0 Å². The lowest BCUT2D eigenvalue weighted by Gasteiger charge is -1.99. The number of unbranched alkanes of at least 4 members (excludes halogenated alkanes) is 9. The van der Waals surface area contributed by atoms with Gasteiger partial charge in [0.05, 0.1) is 0 Å². The van der Waals surface area contributed by atoms with Crippen LogP contribution in [0, 0.1) is 0 Å². The Kier molecular flexibility index (Phi) is 40.2. The van der Waals surface area contributed by atoms with Crippen molar-refractivity contribution in [3.05, 3.63) is 0 Å². The third-order valence-electron chi connectivity index (χ3n) is 2.46. The van der Waals surface area contributed by atoms with Gasteiger partial charge in [-0.25, -0.2) is 0 Å². The molecule has 0 amide bonds. The fourth-order valence-corrected chi connectivity index (χ4v) is 1.56. The Morgan fingerprint density at radius 2 is 0.600 bits per heavy atom. The third-order valence-corrected chi connectivity index (χ3v) is 2.46. The molecule has 0 radical (unpaired) electrons. The van der Waals surface area contributed by atoms with E-state index >= 15 is 0 Å². The fourth-order valence-electron chi connectivity index (χ4n) is 1.56.